The Kier molecular flexibility index (Phi) is 4.90. The molecule has 7 nitrogen and oxygen atoms in total. The van der Waals surface area contributed by atoms with Crippen LogP contribution >= 0.6 is 0 Å². The lowest BCUT2D eigenvalue weighted by Gasteiger charge is -2.33. The SMILES string of the molecule is CCNCc1cnc(N2CCN(S(C)(=O)=O)CC2)nc1. The number of hydrogen-bond acceptors (Lipinski definition) is 6. The third-order valence-electron chi connectivity index (χ3n) is 3.26. The Balaban J connectivity index is 1.93. The lowest BCUT2D eigenvalue weighted by Crippen LogP contribution is -2.48. The van der Waals surface area contributed by atoms with Crippen molar-refractivity contribution in [1.82, 2.24) is 19.6 Å². The van der Waals surface area contributed by atoms with E-state index >= 15 is 0 Å². The fourth-order valence-electron chi connectivity index (χ4n) is 2.09. The van der Waals surface area contributed by atoms with Crippen LogP contribution in [0.3, 0.4) is 0 Å². The Bertz CT molecular complexity index is 523. The van der Waals surface area contributed by atoms with Crippen LogP contribution in [0.2, 0.25) is 0 Å². The van der Waals surface area contributed by atoms with Gasteiger partial charge in [-0.05, 0) is 6.54 Å². The van der Waals surface area contributed by atoms with Crippen LogP contribution in [-0.4, -0.2) is 61.7 Å². The Hall–Kier alpha value is -1.25. The molecule has 112 valence electrons. The maximum Gasteiger partial charge on any atom is 0.225 e. The van der Waals surface area contributed by atoms with E-state index in [0.29, 0.717) is 32.1 Å². The van der Waals surface area contributed by atoms with Gasteiger partial charge in [-0.3, -0.25) is 0 Å². The van der Waals surface area contributed by atoms with Crippen molar-refractivity contribution in [3.8, 4) is 0 Å². The Morgan fingerprint density at radius 2 is 1.80 bits per heavy atom. The molecule has 0 atom stereocenters. The smallest absolute Gasteiger partial charge is 0.225 e. The highest BCUT2D eigenvalue weighted by Gasteiger charge is 2.24. The summed E-state index contributed by atoms with van der Waals surface area (Å²) in [6, 6.07) is 0. The van der Waals surface area contributed by atoms with Crippen LogP contribution in [0.1, 0.15) is 12.5 Å². The van der Waals surface area contributed by atoms with Gasteiger partial charge in [0.25, 0.3) is 0 Å². The fourth-order valence-corrected chi connectivity index (χ4v) is 2.92. The van der Waals surface area contributed by atoms with Crippen LogP contribution in [-0.2, 0) is 16.6 Å². The van der Waals surface area contributed by atoms with E-state index in [9.17, 15) is 8.42 Å². The van der Waals surface area contributed by atoms with Crippen LogP contribution in [0.15, 0.2) is 12.4 Å². The monoisotopic (exact) mass is 299 g/mol. The van der Waals surface area contributed by atoms with Gasteiger partial charge in [-0.2, -0.15) is 4.31 Å². The van der Waals surface area contributed by atoms with Gasteiger partial charge in [-0.15, -0.1) is 0 Å². The van der Waals surface area contributed by atoms with E-state index in [2.05, 4.69) is 22.2 Å². The van der Waals surface area contributed by atoms with Gasteiger partial charge in [-0.25, -0.2) is 18.4 Å². The topological polar surface area (TPSA) is 78.4 Å². The highest BCUT2D eigenvalue weighted by atomic mass is 32.2. The van der Waals surface area contributed by atoms with Crippen LogP contribution in [0.5, 0.6) is 0 Å². The molecule has 1 aliphatic heterocycles. The van der Waals surface area contributed by atoms with Gasteiger partial charge < -0.3 is 10.2 Å². The van der Waals surface area contributed by atoms with Gasteiger partial charge in [0.05, 0.1) is 6.26 Å². The van der Waals surface area contributed by atoms with Gasteiger partial charge in [0.2, 0.25) is 16.0 Å². The summed E-state index contributed by atoms with van der Waals surface area (Å²) in [7, 11) is -3.09. The molecule has 1 saturated heterocycles. The van der Waals surface area contributed by atoms with Crippen molar-refractivity contribution in [2.75, 3.05) is 43.9 Å². The van der Waals surface area contributed by atoms with Gasteiger partial charge in [0.1, 0.15) is 0 Å². The summed E-state index contributed by atoms with van der Waals surface area (Å²) in [4.78, 5) is 10.7. The molecule has 1 aromatic rings. The molecule has 0 spiro atoms. The summed E-state index contributed by atoms with van der Waals surface area (Å²) >= 11 is 0. The normalized spacial score (nSPS) is 17.4. The number of nitrogens with zero attached hydrogens (tertiary/aromatic N) is 4. The summed E-state index contributed by atoms with van der Waals surface area (Å²) < 4.78 is 24.4. The number of sulfonamides is 1. The van der Waals surface area contributed by atoms with E-state index < -0.39 is 10.0 Å². The summed E-state index contributed by atoms with van der Waals surface area (Å²) in [5.41, 5.74) is 1.05. The number of aromatic nitrogens is 2. The number of hydrogen-bond donors (Lipinski definition) is 1. The van der Waals surface area contributed by atoms with Crippen LogP contribution in [0.4, 0.5) is 5.95 Å². The summed E-state index contributed by atoms with van der Waals surface area (Å²) in [5, 5.41) is 3.22. The van der Waals surface area contributed by atoms with E-state index in [1.807, 2.05) is 17.3 Å². The van der Waals surface area contributed by atoms with Crippen molar-refractivity contribution in [2.45, 2.75) is 13.5 Å². The highest BCUT2D eigenvalue weighted by molar-refractivity contribution is 7.88. The van der Waals surface area contributed by atoms with E-state index in [4.69, 9.17) is 0 Å². The Labute approximate surface area is 120 Å². The molecule has 2 rings (SSSR count). The number of rotatable bonds is 5. The van der Waals surface area contributed by atoms with Crippen molar-refractivity contribution in [1.29, 1.82) is 0 Å². The molecule has 1 aliphatic rings. The van der Waals surface area contributed by atoms with Gasteiger partial charge in [0.15, 0.2) is 0 Å². The Morgan fingerprint density at radius 3 is 2.30 bits per heavy atom. The molecular formula is C12H21N5O2S. The van der Waals surface area contributed by atoms with Gasteiger partial charge in [-0.1, -0.05) is 6.92 Å². The number of nitrogens with one attached hydrogen (secondary N) is 1. The molecule has 1 N–H and O–H groups in total. The van der Waals surface area contributed by atoms with E-state index in [1.54, 1.807) is 0 Å². The van der Waals surface area contributed by atoms with Gasteiger partial charge >= 0.3 is 0 Å². The molecule has 1 fully saturated rings. The average molecular weight is 299 g/mol. The molecule has 20 heavy (non-hydrogen) atoms. The zero-order valence-corrected chi connectivity index (χ0v) is 12.7. The minimum absolute atomic E-state index is 0.487. The average Bonchev–Trinajstić information content (AvgIpc) is 2.45. The van der Waals surface area contributed by atoms with E-state index in [-0.39, 0.29) is 0 Å². The first-order chi connectivity index (χ1) is 9.50. The van der Waals surface area contributed by atoms with Crippen molar-refractivity contribution in [3.63, 3.8) is 0 Å². The highest BCUT2D eigenvalue weighted by Crippen LogP contribution is 2.12. The summed E-state index contributed by atoms with van der Waals surface area (Å²) in [6.45, 7) is 5.95. The largest absolute Gasteiger partial charge is 0.338 e. The molecular weight excluding hydrogens is 278 g/mol. The molecule has 0 saturated carbocycles. The van der Waals surface area contributed by atoms with E-state index in [1.165, 1.54) is 10.6 Å². The quantitative estimate of drug-likeness (QED) is 0.802. The Morgan fingerprint density at radius 1 is 1.20 bits per heavy atom. The molecule has 0 amide bonds. The molecule has 0 aliphatic carbocycles. The lowest BCUT2D eigenvalue weighted by molar-refractivity contribution is 0.385. The van der Waals surface area contributed by atoms with Crippen molar-refractivity contribution >= 4 is 16.0 Å². The van der Waals surface area contributed by atoms with Crippen LogP contribution < -0.4 is 10.2 Å². The molecule has 8 heteroatoms. The number of piperazine rings is 1. The van der Waals surface area contributed by atoms with Crippen molar-refractivity contribution in [3.05, 3.63) is 18.0 Å². The summed E-state index contributed by atoms with van der Waals surface area (Å²) in [5.74, 6) is 0.665. The summed E-state index contributed by atoms with van der Waals surface area (Å²) in [6.07, 6.45) is 4.87. The molecule has 1 aromatic heterocycles. The lowest BCUT2D eigenvalue weighted by atomic mass is 10.3. The minimum Gasteiger partial charge on any atom is -0.338 e. The second kappa shape index (κ2) is 6.47. The fraction of sp³-hybridized carbons (Fsp3) is 0.667. The van der Waals surface area contributed by atoms with Crippen LogP contribution in [0, 0.1) is 0 Å². The van der Waals surface area contributed by atoms with Crippen molar-refractivity contribution in [2.24, 2.45) is 0 Å². The minimum atomic E-state index is -3.09. The molecule has 0 bridgehead atoms. The predicted molar refractivity (Wildman–Crippen MR) is 78.0 cm³/mol. The standard InChI is InChI=1S/C12H21N5O2S/c1-3-13-8-11-9-14-12(15-10-11)16-4-6-17(7-5-16)20(2,18)19/h9-10,13H,3-8H2,1-2H3. The maximum atomic E-state index is 11.4. The molecule has 0 aromatic carbocycles. The van der Waals surface area contributed by atoms with Gasteiger partial charge in [0, 0.05) is 50.7 Å². The zero-order valence-electron chi connectivity index (χ0n) is 11.9. The number of anilines is 1. The van der Waals surface area contributed by atoms with Crippen molar-refractivity contribution < 1.29 is 8.42 Å². The first kappa shape index (κ1) is 15.1. The maximum absolute atomic E-state index is 11.4. The molecule has 0 unspecified atom stereocenters. The first-order valence-electron chi connectivity index (χ1n) is 6.72. The molecule has 2 heterocycles. The third kappa shape index (κ3) is 3.87. The second-order valence-electron chi connectivity index (χ2n) is 4.82. The van der Waals surface area contributed by atoms with Crippen LogP contribution in [0.25, 0.3) is 0 Å². The second-order valence-corrected chi connectivity index (χ2v) is 6.80. The predicted octanol–water partition coefficient (Wildman–Crippen LogP) is -0.332. The third-order valence-corrected chi connectivity index (χ3v) is 4.56. The van der Waals surface area contributed by atoms with E-state index in [0.717, 1.165) is 18.7 Å². The molecule has 0 radical (unpaired) electrons. The zero-order chi connectivity index (χ0) is 14.6. The first-order valence-corrected chi connectivity index (χ1v) is 8.57.